The number of nitrogens with one attached hydrogen (secondary N) is 1. The van der Waals surface area contributed by atoms with Crippen LogP contribution in [0.4, 0.5) is 18.0 Å². The Bertz CT molecular complexity index is 1020. The van der Waals surface area contributed by atoms with E-state index in [0.29, 0.717) is 23.7 Å². The van der Waals surface area contributed by atoms with Crippen molar-refractivity contribution < 1.29 is 23.1 Å². The van der Waals surface area contributed by atoms with Crippen molar-refractivity contribution in [3.05, 3.63) is 42.4 Å². The SMILES string of the molecule is O=C(O)NC[C@H]1CC[C@H](n2cc3ccc(-n4cc(C(F)(F)F)cn4)cc3n2)CC1. The minimum atomic E-state index is -4.43. The fraction of sp³-hybridized carbons (Fsp3) is 0.421. The molecule has 1 aliphatic rings. The van der Waals surface area contributed by atoms with Crippen LogP contribution in [0.5, 0.6) is 0 Å². The standard InChI is InChI=1S/C19H20F3N5O2/c20-19(21,22)14-9-24-26(11-14)16-6-3-13-10-27(25-17(13)7-16)15-4-1-12(2-5-15)8-23-18(28)29/h3,6-7,9-12,15,23H,1-2,4-5,8H2,(H,28,29)/t12-,15-. The van der Waals surface area contributed by atoms with E-state index in [2.05, 4.69) is 15.5 Å². The van der Waals surface area contributed by atoms with Crippen molar-refractivity contribution in [3.63, 3.8) is 0 Å². The maximum absolute atomic E-state index is 12.8. The molecule has 0 unspecified atom stereocenters. The smallest absolute Gasteiger partial charge is 0.419 e. The first-order chi connectivity index (χ1) is 13.8. The third kappa shape index (κ3) is 4.20. The molecule has 2 aromatic heterocycles. The summed E-state index contributed by atoms with van der Waals surface area (Å²) in [6.07, 6.45) is 1.93. The molecule has 0 radical (unpaired) electrons. The van der Waals surface area contributed by atoms with E-state index >= 15 is 0 Å². The van der Waals surface area contributed by atoms with E-state index < -0.39 is 17.8 Å². The van der Waals surface area contributed by atoms with Crippen LogP contribution in [0.3, 0.4) is 0 Å². The first-order valence-corrected chi connectivity index (χ1v) is 9.37. The predicted molar refractivity (Wildman–Crippen MR) is 98.9 cm³/mol. The zero-order valence-electron chi connectivity index (χ0n) is 15.4. The Hall–Kier alpha value is -3.04. The highest BCUT2D eigenvalue weighted by molar-refractivity contribution is 5.80. The first kappa shape index (κ1) is 19.3. The largest absolute Gasteiger partial charge is 0.465 e. The van der Waals surface area contributed by atoms with E-state index in [4.69, 9.17) is 5.11 Å². The summed E-state index contributed by atoms with van der Waals surface area (Å²) in [4.78, 5) is 10.6. The van der Waals surface area contributed by atoms with Gasteiger partial charge in [-0.2, -0.15) is 23.4 Å². The Morgan fingerprint density at radius 3 is 2.62 bits per heavy atom. The van der Waals surface area contributed by atoms with Crippen molar-refractivity contribution in [2.24, 2.45) is 5.92 Å². The zero-order valence-corrected chi connectivity index (χ0v) is 15.4. The maximum atomic E-state index is 12.8. The number of halogens is 3. The lowest BCUT2D eigenvalue weighted by molar-refractivity contribution is -0.137. The molecule has 1 fully saturated rings. The molecule has 7 nitrogen and oxygen atoms in total. The fourth-order valence-electron chi connectivity index (χ4n) is 3.81. The summed E-state index contributed by atoms with van der Waals surface area (Å²) in [5, 5.41) is 20.5. The van der Waals surface area contributed by atoms with Crippen LogP contribution in [-0.4, -0.2) is 37.3 Å². The Labute approximate surface area is 164 Å². The van der Waals surface area contributed by atoms with Crippen LogP contribution in [0, 0.1) is 5.92 Å². The number of hydrogen-bond acceptors (Lipinski definition) is 3. The highest BCUT2D eigenvalue weighted by Crippen LogP contribution is 2.33. The lowest BCUT2D eigenvalue weighted by Crippen LogP contribution is -2.30. The van der Waals surface area contributed by atoms with Gasteiger partial charge in [0.1, 0.15) is 0 Å². The van der Waals surface area contributed by atoms with Crippen molar-refractivity contribution in [1.82, 2.24) is 24.9 Å². The third-order valence-electron chi connectivity index (χ3n) is 5.42. The molecule has 1 aliphatic carbocycles. The average molecular weight is 407 g/mol. The highest BCUT2D eigenvalue weighted by Gasteiger charge is 2.32. The molecular weight excluding hydrogens is 387 g/mol. The van der Waals surface area contributed by atoms with Crippen LogP contribution < -0.4 is 5.32 Å². The van der Waals surface area contributed by atoms with Crippen molar-refractivity contribution in [2.45, 2.75) is 37.9 Å². The molecule has 2 heterocycles. The Morgan fingerprint density at radius 1 is 1.21 bits per heavy atom. The molecule has 1 aromatic carbocycles. The lowest BCUT2D eigenvalue weighted by atomic mass is 9.86. The molecule has 1 saturated carbocycles. The van der Waals surface area contributed by atoms with Crippen LogP contribution in [0.15, 0.2) is 36.8 Å². The molecule has 29 heavy (non-hydrogen) atoms. The molecule has 3 aromatic rings. The molecule has 10 heteroatoms. The predicted octanol–water partition coefficient (Wildman–Crippen LogP) is 4.24. The van der Waals surface area contributed by atoms with Crippen molar-refractivity contribution in [3.8, 4) is 5.69 Å². The summed E-state index contributed by atoms with van der Waals surface area (Å²) >= 11 is 0. The van der Waals surface area contributed by atoms with Gasteiger partial charge in [-0.1, -0.05) is 0 Å². The fourth-order valence-corrected chi connectivity index (χ4v) is 3.81. The summed E-state index contributed by atoms with van der Waals surface area (Å²) in [6.45, 7) is 0.469. The minimum Gasteiger partial charge on any atom is -0.465 e. The zero-order chi connectivity index (χ0) is 20.6. The molecule has 0 aliphatic heterocycles. The molecule has 0 saturated heterocycles. The van der Waals surface area contributed by atoms with Gasteiger partial charge in [0.05, 0.1) is 29.0 Å². The van der Waals surface area contributed by atoms with Gasteiger partial charge >= 0.3 is 12.3 Å². The number of hydrogen-bond donors (Lipinski definition) is 2. The van der Waals surface area contributed by atoms with Crippen LogP contribution in [0.25, 0.3) is 16.6 Å². The summed E-state index contributed by atoms with van der Waals surface area (Å²) in [5.74, 6) is 0.335. The van der Waals surface area contributed by atoms with Gasteiger partial charge in [-0.3, -0.25) is 4.68 Å². The van der Waals surface area contributed by atoms with E-state index in [1.807, 2.05) is 16.9 Å². The van der Waals surface area contributed by atoms with Crippen molar-refractivity contribution in [2.75, 3.05) is 6.54 Å². The highest BCUT2D eigenvalue weighted by atomic mass is 19.4. The van der Waals surface area contributed by atoms with Gasteiger partial charge in [0, 0.05) is 24.3 Å². The number of rotatable bonds is 4. The lowest BCUT2D eigenvalue weighted by Gasteiger charge is -2.28. The second kappa shape index (κ2) is 7.41. The Morgan fingerprint density at radius 2 is 1.97 bits per heavy atom. The van der Waals surface area contributed by atoms with E-state index in [1.54, 1.807) is 12.1 Å². The van der Waals surface area contributed by atoms with E-state index in [0.717, 1.165) is 43.5 Å². The molecular formula is C19H20F3N5O2. The van der Waals surface area contributed by atoms with Crippen LogP contribution in [0.2, 0.25) is 0 Å². The van der Waals surface area contributed by atoms with Gasteiger partial charge in [-0.25, -0.2) is 9.48 Å². The number of benzene rings is 1. The van der Waals surface area contributed by atoms with Crippen molar-refractivity contribution in [1.29, 1.82) is 0 Å². The van der Waals surface area contributed by atoms with Gasteiger partial charge in [0.15, 0.2) is 0 Å². The monoisotopic (exact) mass is 407 g/mol. The topological polar surface area (TPSA) is 85.0 Å². The molecule has 0 bridgehead atoms. The van der Waals surface area contributed by atoms with Gasteiger partial charge in [-0.05, 0) is 49.8 Å². The van der Waals surface area contributed by atoms with E-state index in [1.165, 1.54) is 4.68 Å². The second-order valence-corrected chi connectivity index (χ2v) is 7.38. The number of alkyl halides is 3. The normalized spacial score (nSPS) is 20.1. The van der Waals surface area contributed by atoms with Crippen molar-refractivity contribution >= 4 is 17.0 Å². The Balaban J connectivity index is 1.48. The van der Waals surface area contributed by atoms with Crippen LogP contribution in [0.1, 0.15) is 37.3 Å². The van der Waals surface area contributed by atoms with Gasteiger partial charge in [0.2, 0.25) is 0 Å². The average Bonchev–Trinajstić information content (AvgIpc) is 3.33. The molecule has 154 valence electrons. The first-order valence-electron chi connectivity index (χ1n) is 9.37. The minimum absolute atomic E-state index is 0.230. The quantitative estimate of drug-likeness (QED) is 0.678. The Kier molecular flexibility index (Phi) is 4.93. The number of carboxylic acid groups (broad SMARTS) is 1. The molecule has 0 spiro atoms. The van der Waals surface area contributed by atoms with Crippen LogP contribution >= 0.6 is 0 Å². The number of fused-ring (bicyclic) bond motifs is 1. The summed E-state index contributed by atoms with van der Waals surface area (Å²) in [6, 6.07) is 5.50. The summed E-state index contributed by atoms with van der Waals surface area (Å²) in [5.41, 5.74) is 0.417. The van der Waals surface area contributed by atoms with E-state index in [9.17, 15) is 18.0 Å². The van der Waals surface area contributed by atoms with Crippen LogP contribution in [-0.2, 0) is 6.18 Å². The summed E-state index contributed by atoms with van der Waals surface area (Å²) < 4.78 is 41.5. The number of carbonyl (C=O) groups is 1. The number of nitrogens with zero attached hydrogens (tertiary/aromatic N) is 4. The number of aromatic nitrogens is 4. The summed E-state index contributed by atoms with van der Waals surface area (Å²) in [7, 11) is 0. The molecule has 2 N–H and O–H groups in total. The van der Waals surface area contributed by atoms with Gasteiger partial charge < -0.3 is 10.4 Å². The molecule has 1 amide bonds. The van der Waals surface area contributed by atoms with E-state index in [-0.39, 0.29) is 6.04 Å². The maximum Gasteiger partial charge on any atom is 0.419 e. The molecule has 4 rings (SSSR count). The molecule has 0 atom stereocenters. The van der Waals surface area contributed by atoms with Gasteiger partial charge in [-0.15, -0.1) is 0 Å². The third-order valence-corrected chi connectivity index (χ3v) is 5.42. The second-order valence-electron chi connectivity index (χ2n) is 7.38. The van der Waals surface area contributed by atoms with Gasteiger partial charge in [0.25, 0.3) is 0 Å². The number of amides is 1.